The van der Waals surface area contributed by atoms with Gasteiger partial charge in [-0.25, -0.2) is 0 Å². The molecule has 1 N–H and O–H groups in total. The van der Waals surface area contributed by atoms with E-state index in [9.17, 15) is 0 Å². The van der Waals surface area contributed by atoms with Crippen LogP contribution in [0.3, 0.4) is 0 Å². The van der Waals surface area contributed by atoms with Gasteiger partial charge in [-0.2, -0.15) is 5.26 Å². The zero-order valence-electron chi connectivity index (χ0n) is 10.8. The second kappa shape index (κ2) is 6.40. The van der Waals surface area contributed by atoms with Gasteiger partial charge in [-0.15, -0.1) is 0 Å². The van der Waals surface area contributed by atoms with Crippen LogP contribution in [0.2, 0.25) is 0 Å². The second-order valence-electron chi connectivity index (χ2n) is 4.38. The molecule has 2 nitrogen and oxygen atoms in total. The molecule has 0 unspecified atom stereocenters. The van der Waals surface area contributed by atoms with Crippen molar-refractivity contribution in [2.45, 2.75) is 19.8 Å². The van der Waals surface area contributed by atoms with E-state index in [2.05, 4.69) is 58.5 Å². The predicted molar refractivity (Wildman–Crippen MR) is 82.6 cm³/mol. The van der Waals surface area contributed by atoms with E-state index in [0.29, 0.717) is 5.56 Å². The van der Waals surface area contributed by atoms with Crippen LogP contribution < -0.4 is 5.32 Å². The van der Waals surface area contributed by atoms with Gasteiger partial charge in [0.2, 0.25) is 0 Å². The topological polar surface area (TPSA) is 35.8 Å². The van der Waals surface area contributed by atoms with Crippen molar-refractivity contribution in [1.82, 2.24) is 0 Å². The van der Waals surface area contributed by atoms with E-state index < -0.39 is 0 Å². The van der Waals surface area contributed by atoms with Crippen molar-refractivity contribution in [3.63, 3.8) is 0 Å². The summed E-state index contributed by atoms with van der Waals surface area (Å²) in [5.74, 6) is 0. The Morgan fingerprint density at radius 2 is 1.79 bits per heavy atom. The molecular weight excluding hydrogens is 300 g/mol. The number of nitrogens with zero attached hydrogens (tertiary/aromatic N) is 1. The van der Waals surface area contributed by atoms with Gasteiger partial charge in [-0.3, -0.25) is 0 Å². The van der Waals surface area contributed by atoms with E-state index in [-0.39, 0.29) is 0 Å². The highest BCUT2D eigenvalue weighted by Gasteiger charge is 2.01. The molecule has 0 aromatic heterocycles. The normalized spacial score (nSPS) is 9.95. The zero-order chi connectivity index (χ0) is 13.7. The number of aryl methyl sites for hydroxylation is 1. The van der Waals surface area contributed by atoms with Crippen LogP contribution in [0, 0.1) is 11.3 Å². The summed E-state index contributed by atoms with van der Waals surface area (Å²) in [5.41, 5.74) is 4.02. The van der Waals surface area contributed by atoms with E-state index in [1.807, 2.05) is 12.1 Å². The van der Waals surface area contributed by atoms with Crippen molar-refractivity contribution >= 4 is 27.3 Å². The Morgan fingerprint density at radius 1 is 1.11 bits per heavy atom. The smallest absolute Gasteiger partial charge is 0.100 e. The molecule has 0 aliphatic rings. The van der Waals surface area contributed by atoms with Crippen LogP contribution in [0.5, 0.6) is 0 Å². The summed E-state index contributed by atoms with van der Waals surface area (Å²) in [7, 11) is 0. The van der Waals surface area contributed by atoms with Gasteiger partial charge < -0.3 is 5.32 Å². The van der Waals surface area contributed by atoms with Crippen LogP contribution in [0.4, 0.5) is 11.4 Å². The van der Waals surface area contributed by atoms with Gasteiger partial charge in [0.1, 0.15) is 6.07 Å². The number of halogens is 1. The van der Waals surface area contributed by atoms with E-state index in [0.717, 1.165) is 28.7 Å². The molecular formula is C16H15BrN2. The molecule has 0 amide bonds. The van der Waals surface area contributed by atoms with Crippen molar-refractivity contribution in [1.29, 1.82) is 5.26 Å². The average molecular weight is 315 g/mol. The molecule has 2 aromatic carbocycles. The molecule has 0 radical (unpaired) electrons. The fraction of sp³-hybridized carbons (Fsp3) is 0.188. The van der Waals surface area contributed by atoms with Gasteiger partial charge in [0.15, 0.2) is 0 Å². The molecule has 2 rings (SSSR count). The Labute approximate surface area is 122 Å². The Balaban J connectivity index is 2.13. The van der Waals surface area contributed by atoms with Gasteiger partial charge in [-0.05, 0) is 58.2 Å². The molecule has 0 heterocycles. The average Bonchev–Trinajstić information content (AvgIpc) is 2.42. The minimum absolute atomic E-state index is 0.642. The summed E-state index contributed by atoms with van der Waals surface area (Å²) in [4.78, 5) is 0. The molecule has 0 aliphatic carbocycles. The van der Waals surface area contributed by atoms with Gasteiger partial charge in [-0.1, -0.05) is 25.5 Å². The van der Waals surface area contributed by atoms with Crippen LogP contribution in [0.15, 0.2) is 46.9 Å². The molecule has 2 aromatic rings. The summed E-state index contributed by atoms with van der Waals surface area (Å²) in [6.07, 6.45) is 2.28. The van der Waals surface area contributed by atoms with Crippen LogP contribution in [-0.4, -0.2) is 0 Å². The minimum Gasteiger partial charge on any atom is -0.355 e. The molecule has 0 fully saturated rings. The van der Waals surface area contributed by atoms with Crippen molar-refractivity contribution in [2.24, 2.45) is 0 Å². The lowest BCUT2D eigenvalue weighted by Gasteiger charge is -2.08. The highest BCUT2D eigenvalue weighted by atomic mass is 79.9. The highest BCUT2D eigenvalue weighted by Crippen LogP contribution is 2.24. The monoisotopic (exact) mass is 314 g/mol. The van der Waals surface area contributed by atoms with Crippen LogP contribution in [-0.2, 0) is 6.42 Å². The SMILES string of the molecule is CCCc1ccc(Nc2ccc(C#N)c(Br)c2)cc1. The number of hydrogen-bond acceptors (Lipinski definition) is 2. The standard InChI is InChI=1S/C16H15BrN2/c1-2-3-12-4-7-14(8-5-12)19-15-9-6-13(11-18)16(17)10-15/h4-10,19H,2-3H2,1H3. The van der Waals surface area contributed by atoms with Crippen LogP contribution in [0.1, 0.15) is 24.5 Å². The summed E-state index contributed by atoms with van der Waals surface area (Å²) >= 11 is 3.39. The Bertz CT molecular complexity index is 597. The molecule has 0 bridgehead atoms. The summed E-state index contributed by atoms with van der Waals surface area (Å²) in [6, 6.07) is 16.2. The highest BCUT2D eigenvalue weighted by molar-refractivity contribution is 9.10. The first-order valence-corrected chi connectivity index (χ1v) is 7.08. The van der Waals surface area contributed by atoms with Crippen LogP contribution >= 0.6 is 15.9 Å². The fourth-order valence-corrected chi connectivity index (χ4v) is 2.36. The van der Waals surface area contributed by atoms with E-state index in [1.54, 1.807) is 6.07 Å². The lowest BCUT2D eigenvalue weighted by atomic mass is 10.1. The van der Waals surface area contributed by atoms with Crippen molar-refractivity contribution < 1.29 is 0 Å². The van der Waals surface area contributed by atoms with Crippen molar-refractivity contribution in [3.8, 4) is 6.07 Å². The Hall–Kier alpha value is -1.79. The summed E-state index contributed by atoms with van der Waals surface area (Å²) < 4.78 is 0.808. The molecule has 96 valence electrons. The summed E-state index contributed by atoms with van der Waals surface area (Å²) in [5, 5.41) is 12.2. The minimum atomic E-state index is 0.642. The van der Waals surface area contributed by atoms with Crippen LogP contribution in [0.25, 0.3) is 0 Å². The lowest BCUT2D eigenvalue weighted by Crippen LogP contribution is -1.92. The lowest BCUT2D eigenvalue weighted by molar-refractivity contribution is 0.922. The Kier molecular flexibility index (Phi) is 4.59. The molecule has 3 heteroatoms. The number of nitrogens with one attached hydrogen (secondary N) is 1. The molecule has 0 spiro atoms. The van der Waals surface area contributed by atoms with Gasteiger partial charge in [0.25, 0.3) is 0 Å². The van der Waals surface area contributed by atoms with Gasteiger partial charge in [0, 0.05) is 15.8 Å². The molecule has 0 saturated carbocycles. The molecule has 0 saturated heterocycles. The maximum Gasteiger partial charge on any atom is 0.100 e. The third kappa shape index (κ3) is 3.59. The van der Waals surface area contributed by atoms with Gasteiger partial charge in [0.05, 0.1) is 5.56 Å². The number of benzene rings is 2. The van der Waals surface area contributed by atoms with E-state index in [4.69, 9.17) is 5.26 Å². The second-order valence-corrected chi connectivity index (χ2v) is 5.23. The first kappa shape index (κ1) is 13.6. The molecule has 19 heavy (non-hydrogen) atoms. The van der Waals surface area contributed by atoms with Crippen molar-refractivity contribution in [3.05, 3.63) is 58.1 Å². The van der Waals surface area contributed by atoms with Gasteiger partial charge >= 0.3 is 0 Å². The Morgan fingerprint density at radius 3 is 2.37 bits per heavy atom. The first-order valence-electron chi connectivity index (χ1n) is 6.28. The largest absolute Gasteiger partial charge is 0.355 e. The van der Waals surface area contributed by atoms with E-state index >= 15 is 0 Å². The number of anilines is 2. The quantitative estimate of drug-likeness (QED) is 0.860. The maximum absolute atomic E-state index is 8.88. The molecule has 0 atom stereocenters. The summed E-state index contributed by atoms with van der Waals surface area (Å²) in [6.45, 7) is 2.18. The maximum atomic E-state index is 8.88. The first-order chi connectivity index (χ1) is 9.22. The third-order valence-electron chi connectivity index (χ3n) is 2.87. The molecule has 0 aliphatic heterocycles. The predicted octanol–water partition coefficient (Wildman–Crippen LogP) is 5.02. The third-order valence-corrected chi connectivity index (χ3v) is 3.53. The number of nitriles is 1. The fourth-order valence-electron chi connectivity index (χ4n) is 1.89. The van der Waals surface area contributed by atoms with E-state index in [1.165, 1.54) is 5.56 Å². The number of rotatable bonds is 4. The van der Waals surface area contributed by atoms with Crippen molar-refractivity contribution in [2.75, 3.05) is 5.32 Å². The number of hydrogen-bond donors (Lipinski definition) is 1. The zero-order valence-corrected chi connectivity index (χ0v) is 12.4.